The number of nitrogens with zero attached hydrogens (tertiary/aromatic N) is 2. The maximum absolute atomic E-state index is 11.8. The van der Waals surface area contributed by atoms with Crippen LogP contribution in [0, 0.1) is 0 Å². The third-order valence-corrected chi connectivity index (χ3v) is 5.79. The number of aromatic nitrogens is 2. The summed E-state index contributed by atoms with van der Waals surface area (Å²) in [5.41, 5.74) is 1.21. The van der Waals surface area contributed by atoms with E-state index in [2.05, 4.69) is 25.9 Å². The Hall–Kier alpha value is -3.81. The van der Waals surface area contributed by atoms with Gasteiger partial charge >= 0.3 is 6.09 Å². The minimum atomic E-state index is -3.62. The van der Waals surface area contributed by atoms with Crippen LogP contribution in [-0.2, 0) is 25.6 Å². The van der Waals surface area contributed by atoms with Gasteiger partial charge in [-0.3, -0.25) is 4.18 Å². The van der Waals surface area contributed by atoms with Gasteiger partial charge < -0.3 is 30.2 Å². The summed E-state index contributed by atoms with van der Waals surface area (Å²) in [6.07, 6.45) is 1.83. The number of carbonyl (C=O) groups is 1. The second kappa shape index (κ2) is 13.5. The lowest BCUT2D eigenvalue weighted by atomic mass is 10.2. The van der Waals surface area contributed by atoms with Gasteiger partial charge in [-0.15, -0.1) is 0 Å². The van der Waals surface area contributed by atoms with Crippen molar-refractivity contribution in [2.75, 3.05) is 37.2 Å². The number of hydrogen-bond acceptors (Lipinski definition) is 11. The van der Waals surface area contributed by atoms with E-state index in [4.69, 9.17) is 30.0 Å². The van der Waals surface area contributed by atoms with E-state index in [9.17, 15) is 13.2 Å². The van der Waals surface area contributed by atoms with Crippen LogP contribution >= 0.6 is 11.6 Å². The van der Waals surface area contributed by atoms with E-state index < -0.39 is 21.8 Å². The van der Waals surface area contributed by atoms with Crippen molar-refractivity contribution in [3.63, 3.8) is 0 Å². The van der Waals surface area contributed by atoms with Crippen LogP contribution in [-0.4, -0.2) is 56.6 Å². The molecule has 0 unspecified atom stereocenters. The highest BCUT2D eigenvalue weighted by molar-refractivity contribution is 7.85. The smallest absolute Gasteiger partial charge is 0.407 e. The number of methoxy groups -OCH3 is 1. The fraction of sp³-hybridized carbons (Fsp3) is 0.346. The van der Waals surface area contributed by atoms with Crippen molar-refractivity contribution in [3.8, 4) is 11.5 Å². The molecule has 216 valence electrons. The first-order valence-corrected chi connectivity index (χ1v) is 14.3. The molecule has 0 saturated heterocycles. The summed E-state index contributed by atoms with van der Waals surface area (Å²) in [6.45, 7) is 5.61. The molecular weight excluding hydrogens is 562 g/mol. The zero-order valence-corrected chi connectivity index (χ0v) is 24.4. The quantitative estimate of drug-likeness (QED) is 0.192. The molecule has 1 heterocycles. The number of hydrogen-bond donors (Lipinski definition) is 3. The average Bonchev–Trinajstić information content (AvgIpc) is 2.86. The number of alkyl carbamates (subject to hydrolysis) is 1. The molecule has 14 heteroatoms. The summed E-state index contributed by atoms with van der Waals surface area (Å²) in [5.74, 6) is 1.96. The molecule has 0 saturated carbocycles. The van der Waals surface area contributed by atoms with Crippen LogP contribution in [0.5, 0.6) is 11.5 Å². The summed E-state index contributed by atoms with van der Waals surface area (Å²) >= 11 is 6.17. The van der Waals surface area contributed by atoms with Gasteiger partial charge in [-0.2, -0.15) is 8.42 Å². The number of rotatable bonds is 12. The highest BCUT2D eigenvalue weighted by Gasteiger charge is 2.16. The third-order valence-electron chi connectivity index (χ3n) is 4.88. The lowest BCUT2D eigenvalue weighted by Gasteiger charge is -2.19. The SMILES string of the molecule is COc1ccc(Nc2cc(Nc3ccc(Cl)c(COS(C)(=O)=O)c3)ncn2)cc1OCCNC(=O)OC(C)(C)C. The number of ether oxygens (including phenoxy) is 3. The second-order valence-electron chi connectivity index (χ2n) is 9.45. The maximum Gasteiger partial charge on any atom is 0.407 e. The standard InChI is InChI=1S/C26H32ClN5O7S/c1-26(2,3)39-25(33)28-10-11-37-22-13-19(7-9-21(22)36-4)32-24-14-23(29-16-30-24)31-18-6-8-20(27)17(12-18)15-38-40(5,34)35/h6-9,12-14,16H,10-11,15H2,1-5H3,(H,28,33)(H2,29,30,31,32). The minimum absolute atomic E-state index is 0.192. The Morgan fingerprint density at radius 3 is 2.25 bits per heavy atom. The van der Waals surface area contributed by atoms with Crippen LogP contribution < -0.4 is 25.4 Å². The van der Waals surface area contributed by atoms with Crippen LogP contribution in [0.15, 0.2) is 48.8 Å². The largest absolute Gasteiger partial charge is 0.493 e. The van der Waals surface area contributed by atoms with E-state index >= 15 is 0 Å². The first-order valence-electron chi connectivity index (χ1n) is 12.1. The second-order valence-corrected chi connectivity index (χ2v) is 11.5. The van der Waals surface area contributed by atoms with E-state index in [0.29, 0.717) is 45.1 Å². The van der Waals surface area contributed by atoms with Crippen LogP contribution in [0.4, 0.5) is 27.8 Å². The monoisotopic (exact) mass is 593 g/mol. The van der Waals surface area contributed by atoms with Gasteiger partial charge in [0.15, 0.2) is 11.5 Å². The van der Waals surface area contributed by atoms with Crippen molar-refractivity contribution in [3.05, 3.63) is 59.4 Å². The number of benzene rings is 2. The molecule has 1 amide bonds. The predicted molar refractivity (Wildman–Crippen MR) is 152 cm³/mol. The summed E-state index contributed by atoms with van der Waals surface area (Å²) in [4.78, 5) is 20.3. The zero-order chi connectivity index (χ0) is 29.3. The molecule has 0 fully saturated rings. The zero-order valence-electron chi connectivity index (χ0n) is 22.8. The Balaban J connectivity index is 1.64. The molecule has 40 heavy (non-hydrogen) atoms. The van der Waals surface area contributed by atoms with E-state index in [1.807, 2.05) is 0 Å². The van der Waals surface area contributed by atoms with Crippen molar-refractivity contribution in [2.45, 2.75) is 33.0 Å². The predicted octanol–water partition coefficient (Wildman–Crippen LogP) is 5.01. The maximum atomic E-state index is 11.8. The topological polar surface area (TPSA) is 150 Å². The Labute approximate surface area is 238 Å². The summed E-state index contributed by atoms with van der Waals surface area (Å²) in [6, 6.07) is 12.0. The Bertz CT molecular complexity index is 1430. The molecule has 0 aliphatic carbocycles. The lowest BCUT2D eigenvalue weighted by Crippen LogP contribution is -2.34. The van der Waals surface area contributed by atoms with Gasteiger partial charge in [-0.1, -0.05) is 11.6 Å². The minimum Gasteiger partial charge on any atom is -0.493 e. The first kappa shape index (κ1) is 30.7. The van der Waals surface area contributed by atoms with Crippen LogP contribution in [0.3, 0.4) is 0 Å². The third kappa shape index (κ3) is 10.4. The van der Waals surface area contributed by atoms with Gasteiger partial charge in [0, 0.05) is 28.5 Å². The summed E-state index contributed by atoms with van der Waals surface area (Å²) < 4.78 is 43.9. The highest BCUT2D eigenvalue weighted by Crippen LogP contribution is 2.32. The van der Waals surface area contributed by atoms with Crippen LogP contribution in [0.25, 0.3) is 0 Å². The number of amides is 1. The molecular formula is C26H32ClN5O7S. The number of halogens is 1. The molecule has 3 rings (SSSR count). The van der Waals surface area contributed by atoms with Gasteiger partial charge in [0.25, 0.3) is 10.1 Å². The highest BCUT2D eigenvalue weighted by atomic mass is 35.5. The molecule has 12 nitrogen and oxygen atoms in total. The number of nitrogens with one attached hydrogen (secondary N) is 3. The van der Waals surface area contributed by atoms with E-state index in [1.54, 1.807) is 63.2 Å². The van der Waals surface area contributed by atoms with E-state index in [-0.39, 0.29) is 19.8 Å². The van der Waals surface area contributed by atoms with Crippen molar-refractivity contribution in [1.82, 2.24) is 15.3 Å². The van der Waals surface area contributed by atoms with E-state index in [0.717, 1.165) is 6.26 Å². The average molecular weight is 594 g/mol. The normalized spacial score (nSPS) is 11.4. The molecule has 0 atom stereocenters. The molecule has 3 N–H and O–H groups in total. The fourth-order valence-corrected chi connectivity index (χ4v) is 3.73. The molecule has 2 aromatic carbocycles. The molecule has 0 spiro atoms. The van der Waals surface area contributed by atoms with Crippen molar-refractivity contribution >= 4 is 50.8 Å². The lowest BCUT2D eigenvalue weighted by molar-refractivity contribution is 0.0520. The fourth-order valence-electron chi connectivity index (χ4n) is 3.22. The molecule has 3 aromatic rings. The number of carbonyl (C=O) groups excluding carboxylic acids is 1. The molecule has 0 bridgehead atoms. The van der Waals surface area contributed by atoms with Gasteiger partial charge in [-0.05, 0) is 56.7 Å². The van der Waals surface area contributed by atoms with Crippen molar-refractivity contribution in [1.29, 1.82) is 0 Å². The van der Waals surface area contributed by atoms with E-state index in [1.165, 1.54) is 13.4 Å². The Morgan fingerprint density at radius 1 is 0.975 bits per heavy atom. The summed E-state index contributed by atoms with van der Waals surface area (Å²) in [7, 11) is -2.08. The Kier molecular flexibility index (Phi) is 10.4. The van der Waals surface area contributed by atoms with Gasteiger partial charge in [0.1, 0.15) is 30.2 Å². The molecule has 0 radical (unpaired) electrons. The Morgan fingerprint density at radius 2 is 1.62 bits per heavy atom. The first-order chi connectivity index (χ1) is 18.8. The van der Waals surface area contributed by atoms with Crippen LogP contribution in [0.1, 0.15) is 26.3 Å². The van der Waals surface area contributed by atoms with Gasteiger partial charge in [0.05, 0.1) is 26.5 Å². The van der Waals surface area contributed by atoms with Gasteiger partial charge in [-0.25, -0.2) is 14.8 Å². The number of anilines is 4. The summed E-state index contributed by atoms with van der Waals surface area (Å²) in [5, 5.41) is 9.34. The molecule has 0 aliphatic heterocycles. The van der Waals surface area contributed by atoms with Crippen LogP contribution in [0.2, 0.25) is 5.02 Å². The molecule has 1 aromatic heterocycles. The molecule has 0 aliphatic rings. The van der Waals surface area contributed by atoms with Gasteiger partial charge in [0.2, 0.25) is 0 Å². The van der Waals surface area contributed by atoms with Crippen molar-refractivity contribution in [2.24, 2.45) is 0 Å². The van der Waals surface area contributed by atoms with Crippen molar-refractivity contribution < 1.29 is 31.6 Å².